The van der Waals surface area contributed by atoms with Crippen LogP contribution in [0.5, 0.6) is 0 Å². The fourth-order valence-electron chi connectivity index (χ4n) is 3.01. The van der Waals surface area contributed by atoms with Crippen molar-refractivity contribution < 1.29 is 13.3 Å². The minimum atomic E-state index is -3.17. The van der Waals surface area contributed by atoms with Gasteiger partial charge in [0.25, 0.3) is 5.69 Å². The van der Waals surface area contributed by atoms with Crippen molar-refractivity contribution in [1.82, 2.24) is 9.62 Å². The molecule has 0 unspecified atom stereocenters. The van der Waals surface area contributed by atoms with Gasteiger partial charge < -0.3 is 0 Å². The molecular weight excluding hydrogens is 318 g/mol. The zero-order valence-electron chi connectivity index (χ0n) is 13.5. The van der Waals surface area contributed by atoms with Crippen molar-refractivity contribution in [3.05, 3.63) is 39.4 Å². The molecule has 0 amide bonds. The summed E-state index contributed by atoms with van der Waals surface area (Å²) in [5, 5.41) is 11.0. The lowest BCUT2D eigenvalue weighted by Gasteiger charge is -2.33. The lowest BCUT2D eigenvalue weighted by molar-refractivity contribution is -0.385. The molecule has 1 aromatic carbocycles. The number of likely N-dealkylation sites (tertiary alicyclic amines) is 1. The van der Waals surface area contributed by atoms with Gasteiger partial charge in [0.1, 0.15) is 0 Å². The normalized spacial score (nSPS) is 19.7. The summed E-state index contributed by atoms with van der Waals surface area (Å²) < 4.78 is 25.0. The van der Waals surface area contributed by atoms with Gasteiger partial charge >= 0.3 is 0 Å². The van der Waals surface area contributed by atoms with E-state index >= 15 is 0 Å². The predicted molar refractivity (Wildman–Crippen MR) is 88.7 cm³/mol. The van der Waals surface area contributed by atoms with Gasteiger partial charge in [-0.1, -0.05) is 12.1 Å². The highest BCUT2D eigenvalue weighted by Gasteiger charge is 2.22. The molecule has 0 spiro atoms. The highest BCUT2D eigenvalue weighted by molar-refractivity contribution is 7.88. The number of nitrogens with zero attached hydrogens (tertiary/aromatic N) is 2. The number of rotatable bonds is 6. The molecule has 1 atom stereocenters. The number of nitro groups is 1. The summed E-state index contributed by atoms with van der Waals surface area (Å²) in [6.07, 6.45) is 3.16. The molecule has 1 aliphatic rings. The predicted octanol–water partition coefficient (Wildman–Crippen LogP) is 1.66. The first kappa shape index (κ1) is 17.8. The average molecular weight is 341 g/mol. The SMILES string of the molecule is Cc1c(CN2CCC[C@@H](CNS(C)(=O)=O)C2)cccc1[N+](=O)[O-]. The lowest BCUT2D eigenvalue weighted by Crippen LogP contribution is -2.40. The molecule has 1 aliphatic heterocycles. The standard InChI is InChI=1S/C15H23N3O4S/c1-12-14(6-3-7-15(12)18(19)20)11-17-8-4-5-13(10-17)9-16-23(2,21)22/h3,6-7,13,16H,4-5,8-11H2,1-2H3/t13-/m0/s1. The third-order valence-electron chi connectivity index (χ3n) is 4.25. The quantitative estimate of drug-likeness (QED) is 0.627. The Balaban J connectivity index is 2.00. The van der Waals surface area contributed by atoms with Crippen LogP contribution in [0, 0.1) is 23.0 Å². The van der Waals surface area contributed by atoms with Crippen LogP contribution in [0.15, 0.2) is 18.2 Å². The Morgan fingerprint density at radius 2 is 2.17 bits per heavy atom. The molecule has 0 aliphatic carbocycles. The molecule has 1 aromatic rings. The fraction of sp³-hybridized carbons (Fsp3) is 0.600. The molecule has 1 heterocycles. The summed E-state index contributed by atoms with van der Waals surface area (Å²) in [4.78, 5) is 12.9. The largest absolute Gasteiger partial charge is 0.299 e. The van der Waals surface area contributed by atoms with E-state index < -0.39 is 10.0 Å². The second kappa shape index (κ2) is 7.37. The smallest absolute Gasteiger partial charge is 0.272 e. The number of piperidine rings is 1. The van der Waals surface area contributed by atoms with Gasteiger partial charge in [0.2, 0.25) is 10.0 Å². The minimum absolute atomic E-state index is 0.148. The Bertz CT molecular complexity index is 675. The van der Waals surface area contributed by atoms with Crippen LogP contribution in [0.3, 0.4) is 0 Å². The van der Waals surface area contributed by atoms with Crippen LogP contribution in [0.25, 0.3) is 0 Å². The second-order valence-corrected chi connectivity index (χ2v) is 8.02. The molecule has 7 nitrogen and oxygen atoms in total. The molecule has 8 heteroatoms. The van der Waals surface area contributed by atoms with Gasteiger partial charge in [0.05, 0.1) is 11.2 Å². The number of nitro benzene ring substituents is 1. The first-order valence-electron chi connectivity index (χ1n) is 7.66. The molecule has 1 fully saturated rings. The Hall–Kier alpha value is -1.51. The fourth-order valence-corrected chi connectivity index (χ4v) is 3.55. The van der Waals surface area contributed by atoms with Crippen molar-refractivity contribution in [3.8, 4) is 0 Å². The van der Waals surface area contributed by atoms with Crippen molar-refractivity contribution in [2.45, 2.75) is 26.3 Å². The first-order chi connectivity index (χ1) is 10.8. The van der Waals surface area contributed by atoms with E-state index in [0.29, 0.717) is 18.7 Å². The van der Waals surface area contributed by atoms with Crippen molar-refractivity contribution in [2.24, 2.45) is 5.92 Å². The van der Waals surface area contributed by atoms with Crippen LogP contribution in [-0.2, 0) is 16.6 Å². The van der Waals surface area contributed by atoms with E-state index in [1.807, 2.05) is 6.07 Å². The third-order valence-corrected chi connectivity index (χ3v) is 4.94. The Morgan fingerprint density at radius 3 is 2.83 bits per heavy atom. The average Bonchev–Trinajstić information content (AvgIpc) is 2.47. The molecule has 0 saturated carbocycles. The summed E-state index contributed by atoms with van der Waals surface area (Å²) in [6.45, 7) is 4.61. The molecule has 23 heavy (non-hydrogen) atoms. The molecule has 0 radical (unpaired) electrons. The Morgan fingerprint density at radius 1 is 1.43 bits per heavy atom. The number of hydrogen-bond acceptors (Lipinski definition) is 5. The van der Waals surface area contributed by atoms with Gasteiger partial charge in [0.15, 0.2) is 0 Å². The maximum atomic E-state index is 11.2. The Labute approximate surface area is 136 Å². The molecule has 0 bridgehead atoms. The zero-order chi connectivity index (χ0) is 17.0. The molecule has 1 saturated heterocycles. The van der Waals surface area contributed by atoms with E-state index in [2.05, 4.69) is 9.62 Å². The summed E-state index contributed by atoms with van der Waals surface area (Å²) >= 11 is 0. The molecule has 0 aromatic heterocycles. The van der Waals surface area contributed by atoms with Crippen molar-refractivity contribution >= 4 is 15.7 Å². The van der Waals surface area contributed by atoms with Crippen LogP contribution in [0.2, 0.25) is 0 Å². The maximum absolute atomic E-state index is 11.2. The van der Waals surface area contributed by atoms with Crippen LogP contribution in [0.4, 0.5) is 5.69 Å². The van der Waals surface area contributed by atoms with Crippen LogP contribution in [-0.4, -0.2) is 44.1 Å². The lowest BCUT2D eigenvalue weighted by atomic mass is 9.97. The number of sulfonamides is 1. The molecule has 2 rings (SSSR count). The van der Waals surface area contributed by atoms with E-state index in [1.165, 1.54) is 12.3 Å². The number of benzene rings is 1. The monoisotopic (exact) mass is 341 g/mol. The Kier molecular flexibility index (Phi) is 5.72. The summed E-state index contributed by atoms with van der Waals surface area (Å²) in [5.74, 6) is 0.275. The van der Waals surface area contributed by atoms with Crippen molar-refractivity contribution in [3.63, 3.8) is 0 Å². The maximum Gasteiger partial charge on any atom is 0.272 e. The first-order valence-corrected chi connectivity index (χ1v) is 9.55. The van der Waals surface area contributed by atoms with Crippen LogP contribution >= 0.6 is 0 Å². The van der Waals surface area contributed by atoms with Crippen LogP contribution < -0.4 is 4.72 Å². The van der Waals surface area contributed by atoms with E-state index in [4.69, 9.17) is 0 Å². The van der Waals surface area contributed by atoms with Gasteiger partial charge in [0, 0.05) is 31.3 Å². The topological polar surface area (TPSA) is 92.6 Å². The molecule has 1 N–H and O–H groups in total. The molecule has 128 valence electrons. The van der Waals surface area contributed by atoms with E-state index in [1.54, 1.807) is 13.0 Å². The third kappa shape index (κ3) is 5.26. The minimum Gasteiger partial charge on any atom is -0.299 e. The van der Waals surface area contributed by atoms with Gasteiger partial charge in [-0.3, -0.25) is 15.0 Å². The van der Waals surface area contributed by atoms with Crippen molar-refractivity contribution in [1.29, 1.82) is 0 Å². The van der Waals surface area contributed by atoms with E-state index in [0.717, 1.165) is 31.5 Å². The summed E-state index contributed by atoms with van der Waals surface area (Å²) in [6, 6.07) is 5.15. The summed E-state index contributed by atoms with van der Waals surface area (Å²) in [7, 11) is -3.17. The van der Waals surface area contributed by atoms with Gasteiger partial charge in [-0.15, -0.1) is 0 Å². The summed E-state index contributed by atoms with van der Waals surface area (Å²) in [5.41, 5.74) is 1.81. The van der Waals surface area contributed by atoms with Crippen LogP contribution in [0.1, 0.15) is 24.0 Å². The molecular formula is C15H23N3O4S. The highest BCUT2D eigenvalue weighted by atomic mass is 32.2. The van der Waals surface area contributed by atoms with Crippen molar-refractivity contribution in [2.75, 3.05) is 25.9 Å². The van der Waals surface area contributed by atoms with Gasteiger partial charge in [-0.25, -0.2) is 13.1 Å². The van der Waals surface area contributed by atoms with Gasteiger partial charge in [-0.2, -0.15) is 0 Å². The van der Waals surface area contributed by atoms with E-state index in [9.17, 15) is 18.5 Å². The second-order valence-electron chi connectivity index (χ2n) is 6.18. The highest BCUT2D eigenvalue weighted by Crippen LogP contribution is 2.24. The van der Waals surface area contributed by atoms with E-state index in [-0.39, 0.29) is 16.5 Å². The van der Waals surface area contributed by atoms with Gasteiger partial charge in [-0.05, 0) is 37.8 Å². The zero-order valence-corrected chi connectivity index (χ0v) is 14.3. The number of nitrogens with one attached hydrogen (secondary N) is 1. The number of hydrogen-bond donors (Lipinski definition) is 1.